The number of esters is 1. The highest BCUT2D eigenvalue weighted by molar-refractivity contribution is 5.98. The van der Waals surface area contributed by atoms with E-state index < -0.39 is 12.1 Å². The highest BCUT2D eigenvalue weighted by Gasteiger charge is 2.19. The van der Waals surface area contributed by atoms with Crippen LogP contribution in [0.1, 0.15) is 35.8 Å². The van der Waals surface area contributed by atoms with E-state index in [4.69, 9.17) is 9.47 Å². The van der Waals surface area contributed by atoms with Crippen LogP contribution in [0.15, 0.2) is 40.7 Å². The predicted octanol–water partition coefficient (Wildman–Crippen LogP) is 3.20. The minimum Gasteiger partial charge on any atom is -0.450 e. The van der Waals surface area contributed by atoms with E-state index in [0.717, 1.165) is 17.0 Å². The number of nitriles is 1. The van der Waals surface area contributed by atoms with Crippen LogP contribution >= 0.6 is 0 Å². The lowest BCUT2D eigenvalue weighted by Crippen LogP contribution is -2.18. The first kappa shape index (κ1) is 22.0. The predicted molar refractivity (Wildman–Crippen MR) is 116 cm³/mol. The number of rotatable bonds is 7. The van der Waals surface area contributed by atoms with Gasteiger partial charge in [0.2, 0.25) is 0 Å². The van der Waals surface area contributed by atoms with Gasteiger partial charge in [-0.2, -0.15) is 5.26 Å². The molecule has 1 atom stereocenters. The molecule has 1 N–H and O–H groups in total. The Morgan fingerprint density at radius 2 is 2.10 bits per heavy atom. The molecule has 0 fully saturated rings. The van der Waals surface area contributed by atoms with Gasteiger partial charge in [0.05, 0.1) is 17.5 Å². The first-order valence-electron chi connectivity index (χ1n) is 9.83. The molecule has 0 saturated carbocycles. The van der Waals surface area contributed by atoms with E-state index in [2.05, 4.69) is 14.5 Å². The van der Waals surface area contributed by atoms with Gasteiger partial charge in [-0.15, -0.1) is 0 Å². The summed E-state index contributed by atoms with van der Waals surface area (Å²) < 4.78 is 12.6. The van der Waals surface area contributed by atoms with E-state index in [1.165, 1.54) is 6.08 Å². The van der Waals surface area contributed by atoms with Crippen molar-refractivity contribution in [3.63, 3.8) is 0 Å². The van der Waals surface area contributed by atoms with Gasteiger partial charge in [0.25, 0.3) is 5.56 Å². The number of fused-ring (bicyclic) bond motifs is 1. The molecule has 0 aliphatic rings. The van der Waals surface area contributed by atoms with Crippen molar-refractivity contribution in [1.82, 2.24) is 14.5 Å². The minimum atomic E-state index is -0.837. The van der Waals surface area contributed by atoms with Gasteiger partial charge in [-0.25, -0.2) is 9.78 Å². The van der Waals surface area contributed by atoms with Crippen LogP contribution in [0.5, 0.6) is 0 Å². The number of carbonyl (C=O) groups excluding carboxylic acids is 1. The van der Waals surface area contributed by atoms with Gasteiger partial charge >= 0.3 is 5.97 Å². The maximum absolute atomic E-state index is 12.6. The van der Waals surface area contributed by atoms with E-state index >= 15 is 0 Å². The van der Waals surface area contributed by atoms with E-state index in [-0.39, 0.29) is 17.0 Å². The number of methoxy groups -OCH3 is 1. The second-order valence-corrected chi connectivity index (χ2v) is 7.16. The summed E-state index contributed by atoms with van der Waals surface area (Å²) in [7, 11) is 1.64. The van der Waals surface area contributed by atoms with Crippen LogP contribution < -0.4 is 5.56 Å². The fraction of sp³-hybridized carbons (Fsp3) is 0.304. The van der Waals surface area contributed by atoms with Crippen LogP contribution in [-0.4, -0.2) is 34.2 Å². The smallest absolute Gasteiger partial charge is 0.349 e. The number of hydrogen-bond donors (Lipinski definition) is 1. The van der Waals surface area contributed by atoms with Gasteiger partial charge in [0, 0.05) is 25.0 Å². The van der Waals surface area contributed by atoms with Gasteiger partial charge < -0.3 is 19.0 Å². The number of aromatic nitrogens is 3. The van der Waals surface area contributed by atoms with Crippen molar-refractivity contribution in [3.8, 4) is 6.07 Å². The molecule has 8 nitrogen and oxygen atoms in total. The van der Waals surface area contributed by atoms with Gasteiger partial charge in [0.1, 0.15) is 11.6 Å². The number of aryl methyl sites for hydroxylation is 1. The third-order valence-corrected chi connectivity index (χ3v) is 5.07. The molecule has 1 aromatic carbocycles. The number of nitrogens with zero attached hydrogens (tertiary/aromatic N) is 3. The van der Waals surface area contributed by atoms with Crippen LogP contribution in [0.4, 0.5) is 0 Å². The molecule has 2 heterocycles. The third kappa shape index (κ3) is 4.73. The quantitative estimate of drug-likeness (QED) is 0.357. The Morgan fingerprint density at radius 3 is 2.81 bits per heavy atom. The molecule has 8 heteroatoms. The zero-order chi connectivity index (χ0) is 22.5. The van der Waals surface area contributed by atoms with Gasteiger partial charge in [-0.1, -0.05) is 12.1 Å². The van der Waals surface area contributed by atoms with Crippen LogP contribution in [0, 0.1) is 25.2 Å². The lowest BCUT2D eigenvalue weighted by molar-refractivity contribution is -0.143. The highest BCUT2D eigenvalue weighted by Crippen LogP contribution is 2.21. The van der Waals surface area contributed by atoms with Crippen LogP contribution in [0.25, 0.3) is 17.0 Å². The fourth-order valence-electron chi connectivity index (χ4n) is 3.37. The molecule has 0 saturated heterocycles. The summed E-state index contributed by atoms with van der Waals surface area (Å²) in [5.74, 6) is -0.570. The lowest BCUT2D eigenvalue weighted by atomic mass is 10.1. The Labute approximate surface area is 179 Å². The molecule has 3 aromatic rings. The van der Waals surface area contributed by atoms with Crippen LogP contribution in [-0.2, 0) is 20.8 Å². The maximum Gasteiger partial charge on any atom is 0.349 e. The molecule has 160 valence electrons. The van der Waals surface area contributed by atoms with Crippen molar-refractivity contribution >= 4 is 22.9 Å². The van der Waals surface area contributed by atoms with Crippen molar-refractivity contribution in [3.05, 3.63) is 69.0 Å². The molecular weight excluding hydrogens is 396 g/mol. The first-order chi connectivity index (χ1) is 14.8. The Balaban J connectivity index is 1.83. The summed E-state index contributed by atoms with van der Waals surface area (Å²) in [6.45, 7) is 6.69. The van der Waals surface area contributed by atoms with E-state index in [1.807, 2.05) is 26.0 Å². The molecule has 0 amide bonds. The standard InChI is InChI=1S/C23H24N4O4/c1-14-11-17(15(2)27(14)9-10-30-4)12-18(13-24)23(29)31-16(3)21-25-20-8-6-5-7-19(20)22(28)26-21/h5-8,11-12,16H,9-10H2,1-4H3,(H,25,26,28)/b18-12+/t16-/m1/s1. The van der Waals surface area contributed by atoms with Crippen molar-refractivity contribution in [2.24, 2.45) is 0 Å². The van der Waals surface area contributed by atoms with Gasteiger partial charge in [0.15, 0.2) is 11.9 Å². The number of H-pyrrole nitrogens is 1. The van der Waals surface area contributed by atoms with Crippen molar-refractivity contribution in [2.75, 3.05) is 13.7 Å². The van der Waals surface area contributed by atoms with E-state index in [1.54, 1.807) is 38.3 Å². The normalized spacial score (nSPS) is 12.5. The third-order valence-electron chi connectivity index (χ3n) is 5.07. The Morgan fingerprint density at radius 1 is 1.35 bits per heavy atom. The summed E-state index contributed by atoms with van der Waals surface area (Å²) in [6, 6.07) is 10.7. The van der Waals surface area contributed by atoms with Crippen molar-refractivity contribution in [2.45, 2.75) is 33.4 Å². The van der Waals surface area contributed by atoms with Crippen molar-refractivity contribution in [1.29, 1.82) is 5.26 Å². The average Bonchev–Trinajstić information content (AvgIpc) is 3.02. The number of ether oxygens (including phenoxy) is 2. The van der Waals surface area contributed by atoms with Gasteiger partial charge in [-0.05, 0) is 50.6 Å². The maximum atomic E-state index is 12.6. The fourth-order valence-corrected chi connectivity index (χ4v) is 3.37. The number of aromatic amines is 1. The molecule has 3 rings (SSSR count). The Bertz CT molecular complexity index is 1250. The number of carbonyl (C=O) groups is 1. The first-order valence-corrected chi connectivity index (χ1v) is 9.83. The second kappa shape index (κ2) is 9.41. The second-order valence-electron chi connectivity index (χ2n) is 7.16. The molecule has 31 heavy (non-hydrogen) atoms. The zero-order valence-corrected chi connectivity index (χ0v) is 17.9. The SMILES string of the molecule is COCCn1c(C)cc(/C=C(\C#N)C(=O)O[C@H](C)c2nc3ccccc3c(=O)[nH]2)c1C. The van der Waals surface area contributed by atoms with E-state index in [9.17, 15) is 14.9 Å². The number of para-hydroxylation sites is 1. The number of nitrogens with one attached hydrogen (secondary N) is 1. The average molecular weight is 420 g/mol. The molecule has 0 spiro atoms. The molecule has 0 aliphatic heterocycles. The minimum absolute atomic E-state index is 0.137. The zero-order valence-electron chi connectivity index (χ0n) is 17.9. The summed E-state index contributed by atoms with van der Waals surface area (Å²) in [5, 5.41) is 9.97. The number of hydrogen-bond acceptors (Lipinski definition) is 6. The molecule has 0 aliphatic carbocycles. The summed E-state index contributed by atoms with van der Waals surface area (Å²) in [6.07, 6.45) is 0.674. The lowest BCUT2D eigenvalue weighted by Gasteiger charge is -2.12. The number of benzene rings is 1. The molecule has 2 aromatic heterocycles. The van der Waals surface area contributed by atoms with Crippen molar-refractivity contribution < 1.29 is 14.3 Å². The topological polar surface area (TPSA) is 110 Å². The van der Waals surface area contributed by atoms with Crippen LogP contribution in [0.2, 0.25) is 0 Å². The highest BCUT2D eigenvalue weighted by atomic mass is 16.5. The summed E-state index contributed by atoms with van der Waals surface area (Å²) in [4.78, 5) is 31.9. The Kier molecular flexibility index (Phi) is 6.68. The largest absolute Gasteiger partial charge is 0.450 e. The summed E-state index contributed by atoms with van der Waals surface area (Å²) in [5.41, 5.74) is 2.72. The molecule has 0 bridgehead atoms. The Hall–Kier alpha value is -3.70. The monoisotopic (exact) mass is 420 g/mol. The summed E-state index contributed by atoms with van der Waals surface area (Å²) >= 11 is 0. The molecular formula is C23H24N4O4. The van der Waals surface area contributed by atoms with Crippen LogP contribution in [0.3, 0.4) is 0 Å². The molecule has 0 radical (unpaired) electrons. The van der Waals surface area contributed by atoms with E-state index in [0.29, 0.717) is 24.1 Å². The molecule has 0 unspecified atom stereocenters. The van der Waals surface area contributed by atoms with Gasteiger partial charge in [-0.3, -0.25) is 4.79 Å².